The molecule has 0 bridgehead atoms. The summed E-state index contributed by atoms with van der Waals surface area (Å²) in [5.41, 5.74) is 0. The molecule has 9 N–H and O–H groups in total. The van der Waals surface area contributed by atoms with Crippen LogP contribution >= 0.6 is 7.82 Å². The van der Waals surface area contributed by atoms with Gasteiger partial charge in [0.25, 0.3) is 0 Å². The highest BCUT2D eigenvalue weighted by molar-refractivity contribution is 7.47. The smallest absolute Gasteiger partial charge is 0.393 e. The van der Waals surface area contributed by atoms with Crippen molar-refractivity contribution in [3.63, 3.8) is 0 Å². The number of aliphatic hydroxyl groups excluding tert-OH is 7. The number of unbranched alkanes of at least 4 members (excludes halogenated alkanes) is 26. The summed E-state index contributed by atoms with van der Waals surface area (Å²) in [6.45, 7) is 3.57. The fourth-order valence-corrected chi connectivity index (χ4v) is 9.30. The lowest BCUT2D eigenvalue weighted by atomic mass is 9.85. The van der Waals surface area contributed by atoms with Gasteiger partial charge in [-0.15, -0.1) is 0 Å². The maximum Gasteiger partial charge on any atom is 0.472 e. The molecule has 0 aliphatic heterocycles. The Hall–Kier alpha value is -1.22. The van der Waals surface area contributed by atoms with E-state index in [0.29, 0.717) is 12.8 Å². The highest BCUT2D eigenvalue weighted by atomic mass is 31.2. The van der Waals surface area contributed by atoms with Crippen LogP contribution in [0.5, 0.6) is 0 Å². The van der Waals surface area contributed by atoms with Gasteiger partial charge in [-0.25, -0.2) is 4.57 Å². The summed E-state index contributed by atoms with van der Waals surface area (Å²) in [6.07, 6.45) is 32.6. The van der Waals surface area contributed by atoms with Gasteiger partial charge in [0, 0.05) is 0 Å². The molecule has 1 aliphatic rings. The Morgan fingerprint density at radius 3 is 1.38 bits per heavy atom. The summed E-state index contributed by atoms with van der Waals surface area (Å²) >= 11 is 0. The fraction of sp³-hybridized carbons (Fsp3) is 0.900. The molecule has 64 heavy (non-hydrogen) atoms. The molecule has 378 valence electrons. The second kappa shape index (κ2) is 39.7. The van der Waals surface area contributed by atoms with Crippen molar-refractivity contribution in [1.29, 1.82) is 0 Å². The van der Waals surface area contributed by atoms with Gasteiger partial charge >= 0.3 is 7.82 Å². The zero-order chi connectivity index (χ0) is 47.3. The molecule has 1 rings (SSSR count). The molecule has 0 radical (unpaired) electrons. The van der Waals surface area contributed by atoms with Crippen molar-refractivity contribution in [3.8, 4) is 0 Å². The molecular weight excluding hydrogens is 838 g/mol. The minimum absolute atomic E-state index is 0.223. The standard InChI is InChI=1S/C50H96NO12P/c1-3-5-7-8-9-10-11-12-13-14-15-16-17-18-19-20-21-22-23-24-25-26-27-28-29-30-31-32-33-34-36-37-41(52)39-44(54)51-42(43(53)38-35-6-4-2)40-62-64(60,61)63-50-48(58)46(56)45(55)47(57)49(50)59/h15-16,18-19,41-43,45-50,52-53,55-59H,3-14,17,20-40H2,1-2H3,(H,51,54)(H,60,61)/b16-15-,19-18-. The van der Waals surface area contributed by atoms with Crippen molar-refractivity contribution in [2.24, 2.45) is 0 Å². The molecule has 8 atom stereocenters. The molecule has 0 aromatic rings. The van der Waals surface area contributed by atoms with E-state index in [1.165, 1.54) is 141 Å². The zero-order valence-corrected chi connectivity index (χ0v) is 41.1. The molecule has 0 heterocycles. The van der Waals surface area contributed by atoms with Crippen LogP contribution < -0.4 is 5.32 Å². The lowest BCUT2D eigenvalue weighted by Crippen LogP contribution is -2.64. The van der Waals surface area contributed by atoms with E-state index in [0.717, 1.165) is 44.9 Å². The molecule has 1 saturated carbocycles. The molecular formula is C50H96NO12P. The van der Waals surface area contributed by atoms with E-state index >= 15 is 0 Å². The third kappa shape index (κ3) is 30.9. The maximum absolute atomic E-state index is 12.8. The van der Waals surface area contributed by atoms with E-state index in [4.69, 9.17) is 9.05 Å². The van der Waals surface area contributed by atoms with Crippen LogP contribution in [0.4, 0.5) is 0 Å². The quantitative estimate of drug-likeness (QED) is 0.0158. The summed E-state index contributed by atoms with van der Waals surface area (Å²) in [4.78, 5) is 23.2. The van der Waals surface area contributed by atoms with E-state index in [1.54, 1.807) is 0 Å². The molecule has 0 saturated heterocycles. The van der Waals surface area contributed by atoms with Crippen molar-refractivity contribution in [3.05, 3.63) is 24.3 Å². The Bertz CT molecular complexity index is 1190. The summed E-state index contributed by atoms with van der Waals surface area (Å²) < 4.78 is 22.6. The first-order chi connectivity index (χ1) is 30.8. The highest BCUT2D eigenvalue weighted by Gasteiger charge is 2.51. The summed E-state index contributed by atoms with van der Waals surface area (Å²) in [5, 5.41) is 73.8. The minimum atomic E-state index is -5.09. The number of hydrogen-bond acceptors (Lipinski definition) is 11. The van der Waals surface area contributed by atoms with Crippen molar-refractivity contribution >= 4 is 13.7 Å². The highest BCUT2D eigenvalue weighted by Crippen LogP contribution is 2.47. The van der Waals surface area contributed by atoms with Crippen LogP contribution in [0, 0.1) is 0 Å². The molecule has 1 aliphatic carbocycles. The van der Waals surface area contributed by atoms with Gasteiger partial charge in [-0.3, -0.25) is 13.8 Å². The number of amides is 1. The topological polar surface area (TPSA) is 226 Å². The summed E-state index contributed by atoms with van der Waals surface area (Å²) in [7, 11) is -5.09. The normalized spacial score (nSPS) is 22.8. The largest absolute Gasteiger partial charge is 0.472 e. The fourth-order valence-electron chi connectivity index (χ4n) is 8.34. The van der Waals surface area contributed by atoms with Gasteiger partial charge in [0.15, 0.2) is 0 Å². The monoisotopic (exact) mass is 934 g/mol. The van der Waals surface area contributed by atoms with E-state index in [-0.39, 0.29) is 12.8 Å². The molecule has 1 fully saturated rings. The number of allylic oxidation sites excluding steroid dienone is 4. The Kier molecular flexibility index (Phi) is 37.8. The van der Waals surface area contributed by atoms with Crippen LogP contribution in [0.2, 0.25) is 0 Å². The second-order valence-corrected chi connectivity index (χ2v) is 20.0. The Morgan fingerprint density at radius 2 is 0.922 bits per heavy atom. The molecule has 13 nitrogen and oxygen atoms in total. The molecule has 0 aromatic carbocycles. The summed E-state index contributed by atoms with van der Waals surface area (Å²) in [6, 6.07) is -1.15. The average molecular weight is 934 g/mol. The van der Waals surface area contributed by atoms with Crippen molar-refractivity contribution < 1.29 is 59.0 Å². The van der Waals surface area contributed by atoms with Gasteiger partial charge in [-0.05, 0) is 44.9 Å². The number of aliphatic hydroxyl groups is 7. The van der Waals surface area contributed by atoms with Crippen LogP contribution in [0.15, 0.2) is 24.3 Å². The van der Waals surface area contributed by atoms with Crippen LogP contribution in [0.25, 0.3) is 0 Å². The molecule has 1 amide bonds. The third-order valence-electron chi connectivity index (χ3n) is 12.6. The Labute approximate surface area is 388 Å². The Balaban J connectivity index is 2.09. The minimum Gasteiger partial charge on any atom is -0.393 e. The number of phosphoric acid groups is 1. The number of phosphoric ester groups is 1. The van der Waals surface area contributed by atoms with Gasteiger partial charge in [-0.1, -0.05) is 199 Å². The van der Waals surface area contributed by atoms with E-state index in [1.807, 2.05) is 6.92 Å². The van der Waals surface area contributed by atoms with Crippen molar-refractivity contribution in [1.82, 2.24) is 5.32 Å². The van der Waals surface area contributed by atoms with Gasteiger partial charge in [0.1, 0.15) is 36.6 Å². The van der Waals surface area contributed by atoms with E-state index in [2.05, 4.69) is 36.5 Å². The van der Waals surface area contributed by atoms with Crippen molar-refractivity contribution in [2.45, 2.75) is 281 Å². The number of nitrogens with one attached hydrogen (secondary N) is 1. The number of carbonyl (C=O) groups excluding carboxylic acids is 1. The molecule has 14 heteroatoms. The third-order valence-corrected chi connectivity index (χ3v) is 13.6. The van der Waals surface area contributed by atoms with Gasteiger partial charge in [0.05, 0.1) is 31.3 Å². The first-order valence-corrected chi connectivity index (χ1v) is 27.4. The van der Waals surface area contributed by atoms with E-state index in [9.17, 15) is 50.0 Å². The Morgan fingerprint density at radius 1 is 0.547 bits per heavy atom. The molecule has 0 spiro atoms. The first kappa shape index (κ1) is 60.8. The van der Waals surface area contributed by atoms with Crippen LogP contribution in [-0.4, -0.2) is 108 Å². The number of hydrogen-bond donors (Lipinski definition) is 9. The van der Waals surface area contributed by atoms with Crippen LogP contribution in [0.3, 0.4) is 0 Å². The van der Waals surface area contributed by atoms with Gasteiger partial charge < -0.3 is 46.0 Å². The zero-order valence-electron chi connectivity index (χ0n) is 40.2. The van der Waals surface area contributed by atoms with Gasteiger partial charge in [0.2, 0.25) is 5.91 Å². The van der Waals surface area contributed by atoms with Crippen LogP contribution in [-0.2, 0) is 18.4 Å². The second-order valence-electron chi connectivity index (χ2n) is 18.6. The van der Waals surface area contributed by atoms with Crippen LogP contribution in [0.1, 0.15) is 226 Å². The predicted molar refractivity (Wildman–Crippen MR) is 257 cm³/mol. The average Bonchev–Trinajstić information content (AvgIpc) is 3.27. The van der Waals surface area contributed by atoms with Crippen molar-refractivity contribution in [2.75, 3.05) is 6.61 Å². The lowest BCUT2D eigenvalue weighted by Gasteiger charge is -2.41. The molecule has 8 unspecified atom stereocenters. The van der Waals surface area contributed by atoms with E-state index < -0.39 is 75.2 Å². The number of carbonyl (C=O) groups is 1. The van der Waals surface area contributed by atoms with Gasteiger partial charge in [-0.2, -0.15) is 0 Å². The lowest BCUT2D eigenvalue weighted by molar-refractivity contribution is -0.220. The number of rotatable bonds is 43. The predicted octanol–water partition coefficient (Wildman–Crippen LogP) is 9.54. The first-order valence-electron chi connectivity index (χ1n) is 25.9. The maximum atomic E-state index is 12.8. The SMILES string of the molecule is CCCCCCCCCCC/C=C\C/C=C\CCCCCCCCCCCCCCCCCC(O)CC(=O)NC(COP(=O)(O)OC1C(O)C(O)C(O)C(O)C1O)C(O)CCCCC. The molecule has 0 aromatic heterocycles. The summed E-state index contributed by atoms with van der Waals surface area (Å²) in [5.74, 6) is -0.570.